The number of benzene rings is 1. The van der Waals surface area contributed by atoms with Crippen molar-refractivity contribution in [2.75, 3.05) is 5.32 Å². The van der Waals surface area contributed by atoms with Crippen molar-refractivity contribution in [2.45, 2.75) is 19.4 Å². The molecule has 7 nitrogen and oxygen atoms in total. The van der Waals surface area contributed by atoms with Crippen LogP contribution in [0.4, 0.5) is 5.82 Å². The minimum atomic E-state index is -0.383. The molecule has 0 saturated heterocycles. The van der Waals surface area contributed by atoms with E-state index in [9.17, 15) is 14.4 Å². The maximum atomic E-state index is 12.4. The van der Waals surface area contributed by atoms with Crippen molar-refractivity contribution in [3.8, 4) is 5.69 Å². The van der Waals surface area contributed by atoms with E-state index in [1.807, 2.05) is 0 Å². The van der Waals surface area contributed by atoms with Crippen LogP contribution < -0.4 is 16.2 Å². The van der Waals surface area contributed by atoms with Gasteiger partial charge in [-0.1, -0.05) is 17.7 Å². The second kappa shape index (κ2) is 9.16. The molecule has 0 spiro atoms. The first-order valence-electron chi connectivity index (χ1n) is 8.93. The summed E-state index contributed by atoms with van der Waals surface area (Å²) < 4.78 is 1.49. The number of aromatic nitrogens is 2. The van der Waals surface area contributed by atoms with Gasteiger partial charge in [0.15, 0.2) is 0 Å². The van der Waals surface area contributed by atoms with Gasteiger partial charge < -0.3 is 10.6 Å². The summed E-state index contributed by atoms with van der Waals surface area (Å²) in [5.41, 5.74) is 0.943. The summed E-state index contributed by atoms with van der Waals surface area (Å²) in [5.74, 6) is -0.182. The molecule has 3 aromatic rings. The van der Waals surface area contributed by atoms with Gasteiger partial charge in [0.25, 0.3) is 11.5 Å². The molecule has 2 N–H and O–H groups in total. The molecule has 0 radical (unpaired) electrons. The monoisotopic (exact) mass is 410 g/mol. The second-order valence-electron chi connectivity index (χ2n) is 6.44. The van der Waals surface area contributed by atoms with E-state index in [0.717, 1.165) is 0 Å². The Kier molecular flexibility index (Phi) is 6.41. The van der Waals surface area contributed by atoms with Crippen LogP contribution in [-0.4, -0.2) is 27.4 Å². The number of carbonyl (C=O) groups excluding carboxylic acids is 2. The molecule has 148 valence electrons. The summed E-state index contributed by atoms with van der Waals surface area (Å²) in [7, 11) is 0. The van der Waals surface area contributed by atoms with Gasteiger partial charge in [-0.15, -0.1) is 0 Å². The van der Waals surface area contributed by atoms with E-state index < -0.39 is 0 Å². The number of halogens is 1. The molecule has 1 aromatic carbocycles. The lowest BCUT2D eigenvalue weighted by Gasteiger charge is -2.14. The SMILES string of the molecule is CC(CC(=O)Nc1ccc(Cl)cn1)NC(=O)c1ccc(-n2ccccc2=O)cc1. The summed E-state index contributed by atoms with van der Waals surface area (Å²) in [5, 5.41) is 5.91. The van der Waals surface area contributed by atoms with Gasteiger partial charge in [0.1, 0.15) is 5.82 Å². The zero-order valence-electron chi connectivity index (χ0n) is 15.6. The second-order valence-corrected chi connectivity index (χ2v) is 6.88. The largest absolute Gasteiger partial charge is 0.349 e. The van der Waals surface area contributed by atoms with Crippen LogP contribution in [0.1, 0.15) is 23.7 Å². The summed E-state index contributed by atoms with van der Waals surface area (Å²) >= 11 is 5.76. The highest BCUT2D eigenvalue weighted by atomic mass is 35.5. The fourth-order valence-corrected chi connectivity index (χ4v) is 2.81. The van der Waals surface area contributed by atoms with Crippen molar-refractivity contribution in [1.29, 1.82) is 0 Å². The first-order chi connectivity index (χ1) is 13.9. The number of amides is 2. The van der Waals surface area contributed by atoms with Gasteiger partial charge in [-0.2, -0.15) is 0 Å². The lowest BCUT2D eigenvalue weighted by Crippen LogP contribution is -2.35. The quantitative estimate of drug-likeness (QED) is 0.653. The van der Waals surface area contributed by atoms with Crippen LogP contribution in [0, 0.1) is 0 Å². The smallest absolute Gasteiger partial charge is 0.255 e. The maximum Gasteiger partial charge on any atom is 0.255 e. The number of nitrogens with zero attached hydrogens (tertiary/aromatic N) is 2. The molecular weight excluding hydrogens is 392 g/mol. The number of pyridine rings is 2. The molecule has 1 unspecified atom stereocenters. The van der Waals surface area contributed by atoms with Crippen molar-refractivity contribution in [3.63, 3.8) is 0 Å². The fraction of sp³-hybridized carbons (Fsp3) is 0.143. The van der Waals surface area contributed by atoms with E-state index in [0.29, 0.717) is 22.1 Å². The molecule has 0 aliphatic heterocycles. The normalized spacial score (nSPS) is 11.5. The highest BCUT2D eigenvalue weighted by Gasteiger charge is 2.14. The molecular formula is C21H19ClN4O3. The number of hydrogen-bond donors (Lipinski definition) is 2. The number of hydrogen-bond acceptors (Lipinski definition) is 4. The topological polar surface area (TPSA) is 93.1 Å². The average Bonchev–Trinajstić information content (AvgIpc) is 2.70. The van der Waals surface area contributed by atoms with Crippen LogP contribution >= 0.6 is 11.6 Å². The first kappa shape index (κ1) is 20.3. The zero-order valence-corrected chi connectivity index (χ0v) is 16.4. The summed E-state index contributed by atoms with van der Waals surface area (Å²) in [6, 6.07) is 14.4. The molecule has 0 aliphatic carbocycles. The van der Waals surface area contributed by atoms with Crippen molar-refractivity contribution in [2.24, 2.45) is 0 Å². The fourth-order valence-electron chi connectivity index (χ4n) is 2.69. The van der Waals surface area contributed by atoms with E-state index in [4.69, 9.17) is 11.6 Å². The van der Waals surface area contributed by atoms with Crippen molar-refractivity contribution in [3.05, 3.63) is 87.9 Å². The van der Waals surface area contributed by atoms with Crippen molar-refractivity contribution < 1.29 is 9.59 Å². The van der Waals surface area contributed by atoms with Crippen molar-refractivity contribution >= 4 is 29.2 Å². The van der Waals surface area contributed by atoms with Gasteiger partial charge in [0.2, 0.25) is 5.91 Å². The van der Waals surface area contributed by atoms with Gasteiger partial charge in [-0.3, -0.25) is 19.0 Å². The van der Waals surface area contributed by atoms with Crippen molar-refractivity contribution in [1.82, 2.24) is 14.9 Å². The third kappa shape index (κ3) is 5.52. The van der Waals surface area contributed by atoms with Crippen LogP contribution in [-0.2, 0) is 4.79 Å². The molecule has 29 heavy (non-hydrogen) atoms. The molecule has 0 aliphatic rings. The highest BCUT2D eigenvalue weighted by molar-refractivity contribution is 6.30. The maximum absolute atomic E-state index is 12.4. The van der Waals surface area contributed by atoms with Crippen LogP contribution in [0.15, 0.2) is 71.8 Å². The Morgan fingerprint density at radius 1 is 1.10 bits per heavy atom. The highest BCUT2D eigenvalue weighted by Crippen LogP contribution is 2.11. The van der Waals surface area contributed by atoms with E-state index >= 15 is 0 Å². The Balaban J connectivity index is 1.56. The molecule has 1 atom stereocenters. The molecule has 2 amide bonds. The van der Waals surface area contributed by atoms with Gasteiger partial charge >= 0.3 is 0 Å². The zero-order chi connectivity index (χ0) is 20.8. The third-order valence-electron chi connectivity index (χ3n) is 4.09. The van der Waals surface area contributed by atoms with E-state index in [2.05, 4.69) is 15.6 Å². The molecule has 2 heterocycles. The molecule has 2 aromatic heterocycles. The van der Waals surface area contributed by atoms with Gasteiger partial charge in [0.05, 0.1) is 5.02 Å². The molecule has 0 bridgehead atoms. The van der Waals surface area contributed by atoms with E-state index in [1.165, 1.54) is 16.8 Å². The summed E-state index contributed by atoms with van der Waals surface area (Å²) in [6.45, 7) is 1.74. The molecule has 0 saturated carbocycles. The number of carbonyl (C=O) groups is 2. The third-order valence-corrected chi connectivity index (χ3v) is 4.32. The Morgan fingerprint density at radius 3 is 2.52 bits per heavy atom. The molecule has 0 fully saturated rings. The minimum absolute atomic E-state index is 0.0908. The Morgan fingerprint density at radius 2 is 1.86 bits per heavy atom. The number of anilines is 1. The van der Waals surface area contributed by atoms with Crippen LogP contribution in [0.2, 0.25) is 5.02 Å². The molecule has 8 heteroatoms. The summed E-state index contributed by atoms with van der Waals surface area (Å²) in [4.78, 5) is 40.4. The van der Waals surface area contributed by atoms with Gasteiger partial charge in [-0.05, 0) is 49.4 Å². The Bertz CT molecular complexity index is 1060. The van der Waals surface area contributed by atoms with Crippen LogP contribution in [0.5, 0.6) is 0 Å². The Hall–Kier alpha value is -3.45. The summed E-state index contributed by atoms with van der Waals surface area (Å²) in [6.07, 6.45) is 3.19. The predicted octanol–water partition coefficient (Wildman–Crippen LogP) is 3.03. The number of rotatable bonds is 6. The van der Waals surface area contributed by atoms with Gasteiger partial charge in [-0.25, -0.2) is 4.98 Å². The lowest BCUT2D eigenvalue weighted by atomic mass is 10.1. The Labute approximate surface area is 172 Å². The van der Waals surface area contributed by atoms with E-state index in [1.54, 1.807) is 61.7 Å². The number of nitrogens with one attached hydrogen (secondary N) is 2. The molecule has 3 rings (SSSR count). The first-order valence-corrected chi connectivity index (χ1v) is 9.30. The standard InChI is InChI=1S/C21H19ClN4O3/c1-14(12-19(27)25-18-10-7-16(22)13-23-18)24-21(29)15-5-8-17(9-6-15)26-11-3-2-4-20(26)28/h2-11,13-14H,12H2,1H3,(H,24,29)(H,23,25,27). The predicted molar refractivity (Wildman–Crippen MR) is 111 cm³/mol. The van der Waals surface area contributed by atoms with E-state index in [-0.39, 0.29) is 29.8 Å². The van der Waals surface area contributed by atoms with Crippen LogP contribution in [0.25, 0.3) is 5.69 Å². The minimum Gasteiger partial charge on any atom is -0.349 e. The van der Waals surface area contributed by atoms with Crippen LogP contribution in [0.3, 0.4) is 0 Å². The average molecular weight is 411 g/mol. The lowest BCUT2D eigenvalue weighted by molar-refractivity contribution is -0.116. The van der Waals surface area contributed by atoms with Gasteiger partial charge in [0, 0.05) is 42.2 Å².